The SMILES string of the molecule is C=C.CC(C)N.CCOC(=O)C(=O)Oc1c2n(ccc1=O)NC1COCCN1C2=O. The van der Waals surface area contributed by atoms with Gasteiger partial charge in [0, 0.05) is 18.8 Å². The van der Waals surface area contributed by atoms with Crippen LogP contribution in [0.15, 0.2) is 30.2 Å². The predicted octanol–water partition coefficient (Wildman–Crippen LogP) is -0.172. The molecule has 1 unspecified atom stereocenters. The van der Waals surface area contributed by atoms with Gasteiger partial charge in [-0.1, -0.05) is 13.8 Å². The van der Waals surface area contributed by atoms with Crippen molar-refractivity contribution in [2.75, 3.05) is 31.8 Å². The van der Waals surface area contributed by atoms with Crippen LogP contribution < -0.4 is 21.3 Å². The summed E-state index contributed by atoms with van der Waals surface area (Å²) in [5.41, 5.74) is 7.24. The van der Waals surface area contributed by atoms with Crippen LogP contribution in [0, 0.1) is 0 Å². The molecule has 30 heavy (non-hydrogen) atoms. The highest BCUT2D eigenvalue weighted by molar-refractivity contribution is 6.30. The van der Waals surface area contributed by atoms with Crippen LogP contribution in [0.25, 0.3) is 0 Å². The fraction of sp³-hybridized carbons (Fsp3) is 0.474. The number of hydrogen-bond acceptors (Lipinski definition) is 9. The summed E-state index contributed by atoms with van der Waals surface area (Å²) >= 11 is 0. The minimum absolute atomic E-state index is 0.0181. The van der Waals surface area contributed by atoms with Gasteiger partial charge in [0.1, 0.15) is 6.17 Å². The number of nitrogens with zero attached hydrogens (tertiary/aromatic N) is 2. The molecule has 2 aliphatic heterocycles. The van der Waals surface area contributed by atoms with Gasteiger partial charge in [-0.15, -0.1) is 13.2 Å². The van der Waals surface area contributed by atoms with Gasteiger partial charge in [-0.2, -0.15) is 0 Å². The van der Waals surface area contributed by atoms with Crippen molar-refractivity contribution in [1.29, 1.82) is 0 Å². The zero-order valence-corrected chi connectivity index (χ0v) is 17.4. The van der Waals surface area contributed by atoms with Crippen molar-refractivity contribution in [1.82, 2.24) is 9.58 Å². The second kappa shape index (κ2) is 11.7. The van der Waals surface area contributed by atoms with E-state index in [1.165, 1.54) is 22.7 Å². The normalized spacial score (nSPS) is 16.5. The summed E-state index contributed by atoms with van der Waals surface area (Å²) in [5.74, 6) is -3.61. The number of nitrogens with two attached hydrogens (primary N) is 1. The van der Waals surface area contributed by atoms with Gasteiger partial charge in [-0.3, -0.25) is 14.3 Å². The minimum atomic E-state index is -1.36. The molecule has 1 aromatic heterocycles. The van der Waals surface area contributed by atoms with E-state index in [2.05, 4.69) is 23.3 Å². The van der Waals surface area contributed by atoms with Crippen LogP contribution >= 0.6 is 0 Å². The van der Waals surface area contributed by atoms with Crippen molar-refractivity contribution >= 4 is 17.8 Å². The van der Waals surface area contributed by atoms with Gasteiger partial charge in [-0.25, -0.2) is 9.59 Å². The number of aromatic nitrogens is 1. The highest BCUT2D eigenvalue weighted by Crippen LogP contribution is 2.22. The maximum Gasteiger partial charge on any atom is 0.423 e. The Labute approximate surface area is 174 Å². The van der Waals surface area contributed by atoms with E-state index in [9.17, 15) is 19.2 Å². The van der Waals surface area contributed by atoms with E-state index in [4.69, 9.17) is 15.2 Å². The average Bonchev–Trinajstić information content (AvgIpc) is 2.71. The summed E-state index contributed by atoms with van der Waals surface area (Å²) in [6.07, 6.45) is 0.957. The van der Waals surface area contributed by atoms with Crippen molar-refractivity contribution in [3.8, 4) is 5.75 Å². The molecule has 0 saturated carbocycles. The van der Waals surface area contributed by atoms with Crippen LogP contribution in [0.5, 0.6) is 5.75 Å². The number of morpholine rings is 1. The van der Waals surface area contributed by atoms with Crippen LogP contribution in [0.3, 0.4) is 0 Å². The predicted molar refractivity (Wildman–Crippen MR) is 109 cm³/mol. The number of nitrogens with one attached hydrogen (secondary N) is 1. The number of pyridine rings is 1. The molecule has 11 heteroatoms. The van der Waals surface area contributed by atoms with Crippen LogP contribution in [0.1, 0.15) is 31.3 Å². The number of fused-ring (bicyclic) bond motifs is 2. The number of carbonyl (C=O) groups excluding carboxylic acids is 3. The first-order valence-corrected chi connectivity index (χ1v) is 9.31. The second-order valence-corrected chi connectivity index (χ2v) is 6.30. The highest BCUT2D eigenvalue weighted by Gasteiger charge is 2.37. The lowest BCUT2D eigenvalue weighted by Crippen LogP contribution is -2.59. The molecule has 0 radical (unpaired) electrons. The Hall–Kier alpha value is -3.18. The van der Waals surface area contributed by atoms with Crippen LogP contribution in [-0.4, -0.2) is 66.0 Å². The van der Waals surface area contributed by atoms with Crippen molar-refractivity contribution in [3.05, 3.63) is 41.3 Å². The van der Waals surface area contributed by atoms with Crippen molar-refractivity contribution < 1.29 is 28.6 Å². The summed E-state index contributed by atoms with van der Waals surface area (Å²) < 4.78 is 16.0. The molecular formula is C19H28N4O7. The maximum absolute atomic E-state index is 12.7. The van der Waals surface area contributed by atoms with E-state index in [1.54, 1.807) is 0 Å². The molecule has 1 fully saturated rings. The molecule has 1 aromatic rings. The fourth-order valence-electron chi connectivity index (χ4n) is 2.50. The summed E-state index contributed by atoms with van der Waals surface area (Å²) in [5, 5.41) is 0. The molecule has 3 N–H and O–H groups in total. The number of hydrogen-bond donors (Lipinski definition) is 2. The largest absolute Gasteiger partial charge is 0.458 e. The quantitative estimate of drug-likeness (QED) is 0.376. The topological polar surface area (TPSA) is 142 Å². The number of amides is 1. The van der Waals surface area contributed by atoms with Gasteiger partial charge in [0.25, 0.3) is 5.91 Å². The standard InChI is InChI=1S/C14H15N3O7.C3H9N.C2H4/c1-2-23-13(20)14(21)24-11-8(18)3-4-17-10(11)12(19)16-5-6-22-7-9(16)15-17;1-3(2)4;1-2/h3-4,9,15H,2,5-7H2,1H3;3H,4H2,1-2H3;1-2H2. The average molecular weight is 424 g/mol. The zero-order valence-electron chi connectivity index (χ0n) is 17.4. The van der Waals surface area contributed by atoms with E-state index >= 15 is 0 Å². The molecule has 0 aromatic carbocycles. The molecule has 1 amide bonds. The molecule has 0 spiro atoms. The molecule has 3 heterocycles. The van der Waals surface area contributed by atoms with Gasteiger partial charge < -0.3 is 30.3 Å². The minimum Gasteiger partial charge on any atom is -0.458 e. The first-order chi connectivity index (χ1) is 14.3. The third-order valence-electron chi connectivity index (χ3n) is 3.57. The van der Waals surface area contributed by atoms with Gasteiger partial charge in [0.2, 0.25) is 11.2 Å². The Morgan fingerprint density at radius 3 is 2.57 bits per heavy atom. The molecule has 1 saturated heterocycles. The Morgan fingerprint density at radius 1 is 1.33 bits per heavy atom. The number of ether oxygens (including phenoxy) is 3. The highest BCUT2D eigenvalue weighted by atomic mass is 16.6. The molecule has 11 nitrogen and oxygen atoms in total. The Morgan fingerprint density at radius 2 is 1.97 bits per heavy atom. The molecule has 2 aliphatic rings. The van der Waals surface area contributed by atoms with Crippen LogP contribution in [-0.2, 0) is 19.1 Å². The lowest BCUT2D eigenvalue weighted by atomic mass is 10.2. The fourth-order valence-corrected chi connectivity index (χ4v) is 2.50. The van der Waals surface area contributed by atoms with Crippen LogP contribution in [0.4, 0.5) is 0 Å². The molecule has 1 atom stereocenters. The van der Waals surface area contributed by atoms with E-state index < -0.39 is 35.2 Å². The Balaban J connectivity index is 0.000000673. The third kappa shape index (κ3) is 6.16. The second-order valence-electron chi connectivity index (χ2n) is 6.30. The van der Waals surface area contributed by atoms with E-state index in [0.717, 1.165) is 6.07 Å². The number of rotatable bonds is 2. The van der Waals surface area contributed by atoms with E-state index in [-0.39, 0.29) is 18.9 Å². The smallest absolute Gasteiger partial charge is 0.423 e. The van der Waals surface area contributed by atoms with Gasteiger partial charge in [0.15, 0.2) is 5.69 Å². The van der Waals surface area contributed by atoms with E-state index in [1.807, 2.05) is 13.8 Å². The summed E-state index contributed by atoms with van der Waals surface area (Å²) in [4.78, 5) is 49.3. The molecule has 166 valence electrons. The maximum atomic E-state index is 12.7. The van der Waals surface area contributed by atoms with E-state index in [0.29, 0.717) is 19.2 Å². The molecule has 0 bridgehead atoms. The van der Waals surface area contributed by atoms with Gasteiger partial charge >= 0.3 is 11.9 Å². The lowest BCUT2D eigenvalue weighted by Gasteiger charge is -2.41. The molecule has 3 rings (SSSR count). The third-order valence-corrected chi connectivity index (χ3v) is 3.57. The Kier molecular flexibility index (Phi) is 9.72. The zero-order chi connectivity index (χ0) is 22.8. The van der Waals surface area contributed by atoms with Crippen molar-refractivity contribution in [2.24, 2.45) is 5.73 Å². The lowest BCUT2D eigenvalue weighted by molar-refractivity contribution is -0.161. The van der Waals surface area contributed by atoms with Gasteiger partial charge in [0.05, 0.1) is 19.8 Å². The number of carbonyl (C=O) groups is 3. The van der Waals surface area contributed by atoms with Crippen LogP contribution in [0.2, 0.25) is 0 Å². The first-order valence-electron chi connectivity index (χ1n) is 9.31. The summed E-state index contributed by atoms with van der Waals surface area (Å²) in [6, 6.07) is 1.46. The molecule has 0 aliphatic carbocycles. The van der Waals surface area contributed by atoms with Crippen molar-refractivity contribution in [2.45, 2.75) is 33.0 Å². The van der Waals surface area contributed by atoms with Gasteiger partial charge in [-0.05, 0) is 13.0 Å². The molecular weight excluding hydrogens is 396 g/mol. The summed E-state index contributed by atoms with van der Waals surface area (Å²) in [7, 11) is 0. The summed E-state index contributed by atoms with van der Waals surface area (Å²) in [6.45, 7) is 12.4. The first kappa shape index (κ1) is 24.9. The van der Waals surface area contributed by atoms with Crippen molar-refractivity contribution in [3.63, 3.8) is 0 Å². The number of esters is 2. The monoisotopic (exact) mass is 424 g/mol. The Bertz CT molecular complexity index is 819.